The molecule has 0 atom stereocenters. The summed E-state index contributed by atoms with van der Waals surface area (Å²) in [5.41, 5.74) is 8.08. The highest BCUT2D eigenvalue weighted by Crippen LogP contribution is 2.28. The third-order valence-corrected chi connectivity index (χ3v) is 4.04. The van der Waals surface area contributed by atoms with Crippen LogP contribution in [0.4, 0.5) is 11.5 Å². The van der Waals surface area contributed by atoms with Gasteiger partial charge in [-0.25, -0.2) is 0 Å². The average Bonchev–Trinajstić information content (AvgIpc) is 2.96. The van der Waals surface area contributed by atoms with Crippen molar-refractivity contribution >= 4 is 39.1 Å². The third kappa shape index (κ3) is 3.17. The maximum absolute atomic E-state index is 11.4. The molecule has 3 rings (SSSR count). The van der Waals surface area contributed by atoms with E-state index >= 15 is 0 Å². The Hall–Kier alpha value is -2.60. The van der Waals surface area contributed by atoms with Gasteiger partial charge in [-0.15, -0.1) is 0 Å². The van der Waals surface area contributed by atoms with Gasteiger partial charge in [0.15, 0.2) is 5.82 Å². The van der Waals surface area contributed by atoms with E-state index in [-0.39, 0.29) is 12.4 Å². The van der Waals surface area contributed by atoms with E-state index in [1.807, 2.05) is 48.5 Å². The highest BCUT2D eigenvalue weighted by atomic mass is 32.1. The summed E-state index contributed by atoms with van der Waals surface area (Å²) in [6.45, 7) is 0. The van der Waals surface area contributed by atoms with Gasteiger partial charge in [0, 0.05) is 5.39 Å². The van der Waals surface area contributed by atoms with Gasteiger partial charge in [0.1, 0.15) is 0 Å². The van der Waals surface area contributed by atoms with Crippen molar-refractivity contribution in [3.8, 4) is 0 Å². The number of nitrogens with zero attached hydrogens (tertiary/aromatic N) is 1. The molecule has 0 amide bonds. The molecule has 1 aromatic heterocycles. The average molecular weight is 313 g/mol. The quantitative estimate of drug-likeness (QED) is 0.558. The van der Waals surface area contributed by atoms with E-state index in [4.69, 9.17) is 4.74 Å². The SMILES string of the molecule is COC(=O)Cc1ccc2snc(NNc3ccccc3)c2c1. The molecule has 6 heteroatoms. The second-order valence-electron chi connectivity index (χ2n) is 4.73. The van der Waals surface area contributed by atoms with Gasteiger partial charge >= 0.3 is 5.97 Å². The van der Waals surface area contributed by atoms with Crippen molar-refractivity contribution in [2.24, 2.45) is 0 Å². The van der Waals surface area contributed by atoms with Crippen molar-refractivity contribution in [3.05, 3.63) is 54.1 Å². The number of fused-ring (bicyclic) bond motifs is 1. The molecular formula is C16H15N3O2S. The molecule has 0 saturated heterocycles. The number of esters is 1. The topological polar surface area (TPSA) is 63.2 Å². The minimum absolute atomic E-state index is 0.251. The van der Waals surface area contributed by atoms with Gasteiger partial charge in [0.2, 0.25) is 0 Å². The van der Waals surface area contributed by atoms with E-state index < -0.39 is 0 Å². The highest BCUT2D eigenvalue weighted by Gasteiger charge is 2.09. The van der Waals surface area contributed by atoms with Crippen LogP contribution in [0.1, 0.15) is 5.56 Å². The van der Waals surface area contributed by atoms with Crippen LogP contribution in [0.5, 0.6) is 0 Å². The van der Waals surface area contributed by atoms with Crippen LogP contribution in [0.3, 0.4) is 0 Å². The number of hydrogen-bond acceptors (Lipinski definition) is 6. The van der Waals surface area contributed by atoms with Gasteiger partial charge < -0.3 is 4.74 Å². The first-order valence-corrected chi connectivity index (χ1v) is 7.56. The second-order valence-corrected chi connectivity index (χ2v) is 5.54. The number of rotatable bonds is 5. The maximum Gasteiger partial charge on any atom is 0.309 e. The van der Waals surface area contributed by atoms with E-state index in [0.717, 1.165) is 27.2 Å². The van der Waals surface area contributed by atoms with Crippen molar-refractivity contribution < 1.29 is 9.53 Å². The number of anilines is 2. The Morgan fingerprint density at radius 3 is 2.77 bits per heavy atom. The first kappa shape index (κ1) is 14.3. The Labute approximate surface area is 132 Å². The summed E-state index contributed by atoms with van der Waals surface area (Å²) in [6, 6.07) is 15.7. The van der Waals surface area contributed by atoms with E-state index in [0.29, 0.717) is 0 Å². The first-order chi connectivity index (χ1) is 10.8. The number of ether oxygens (including phenoxy) is 1. The number of carbonyl (C=O) groups is 1. The fourth-order valence-corrected chi connectivity index (χ4v) is 2.79. The normalized spacial score (nSPS) is 10.4. The predicted octanol–water partition coefficient (Wildman–Crippen LogP) is 3.45. The van der Waals surface area contributed by atoms with Gasteiger partial charge in [-0.2, -0.15) is 4.37 Å². The van der Waals surface area contributed by atoms with Crippen LogP contribution in [0.15, 0.2) is 48.5 Å². The summed E-state index contributed by atoms with van der Waals surface area (Å²) in [6.07, 6.45) is 0.258. The Bertz CT molecular complexity index is 786. The molecule has 0 aliphatic carbocycles. The molecule has 2 N–H and O–H groups in total. The lowest BCUT2D eigenvalue weighted by atomic mass is 10.1. The summed E-state index contributed by atoms with van der Waals surface area (Å²) < 4.78 is 10.2. The van der Waals surface area contributed by atoms with E-state index in [2.05, 4.69) is 15.2 Å². The first-order valence-electron chi connectivity index (χ1n) is 6.78. The fraction of sp³-hybridized carbons (Fsp3) is 0.125. The number of aromatic nitrogens is 1. The van der Waals surface area contributed by atoms with Gasteiger partial charge in [-0.05, 0) is 41.4 Å². The zero-order valence-electron chi connectivity index (χ0n) is 12.0. The molecule has 0 aliphatic rings. The molecule has 2 aromatic carbocycles. The summed E-state index contributed by atoms with van der Waals surface area (Å²) >= 11 is 1.41. The van der Waals surface area contributed by atoms with Crippen LogP contribution in [-0.4, -0.2) is 17.5 Å². The number of methoxy groups -OCH3 is 1. The zero-order chi connectivity index (χ0) is 15.4. The van der Waals surface area contributed by atoms with Crippen molar-refractivity contribution in [1.29, 1.82) is 0 Å². The van der Waals surface area contributed by atoms with Crippen molar-refractivity contribution in [2.45, 2.75) is 6.42 Å². The van der Waals surface area contributed by atoms with Gasteiger partial charge in [0.25, 0.3) is 0 Å². The minimum atomic E-state index is -0.251. The monoisotopic (exact) mass is 313 g/mol. The Balaban J connectivity index is 1.80. The van der Waals surface area contributed by atoms with E-state index in [9.17, 15) is 4.79 Å². The van der Waals surface area contributed by atoms with Crippen molar-refractivity contribution in [2.75, 3.05) is 18.0 Å². The molecule has 0 bridgehead atoms. The standard InChI is InChI=1S/C16H15N3O2S/c1-21-15(20)10-11-7-8-14-13(9-11)16(19-22-14)18-17-12-5-3-2-4-6-12/h2-9,17H,10H2,1H3,(H,18,19). The molecule has 1 heterocycles. The lowest BCUT2D eigenvalue weighted by Gasteiger charge is -2.07. The van der Waals surface area contributed by atoms with Crippen LogP contribution in [0, 0.1) is 0 Å². The molecule has 0 unspecified atom stereocenters. The van der Waals surface area contributed by atoms with Crippen LogP contribution in [0.25, 0.3) is 10.1 Å². The molecule has 5 nitrogen and oxygen atoms in total. The predicted molar refractivity (Wildman–Crippen MR) is 89.0 cm³/mol. The molecule has 22 heavy (non-hydrogen) atoms. The molecule has 0 aliphatic heterocycles. The lowest BCUT2D eigenvalue weighted by Crippen LogP contribution is -2.09. The van der Waals surface area contributed by atoms with Crippen LogP contribution in [0.2, 0.25) is 0 Å². The molecule has 3 aromatic rings. The van der Waals surface area contributed by atoms with Crippen molar-refractivity contribution in [3.63, 3.8) is 0 Å². The van der Waals surface area contributed by atoms with Crippen LogP contribution >= 0.6 is 11.5 Å². The molecular weight excluding hydrogens is 298 g/mol. The summed E-state index contributed by atoms with van der Waals surface area (Å²) in [5.74, 6) is 0.495. The molecule has 0 fully saturated rings. The smallest absolute Gasteiger partial charge is 0.309 e. The zero-order valence-corrected chi connectivity index (χ0v) is 12.8. The maximum atomic E-state index is 11.4. The molecule has 0 saturated carbocycles. The number of hydrazine groups is 1. The minimum Gasteiger partial charge on any atom is -0.469 e. The number of nitrogens with one attached hydrogen (secondary N) is 2. The highest BCUT2D eigenvalue weighted by molar-refractivity contribution is 7.13. The number of hydrogen-bond donors (Lipinski definition) is 2. The number of benzene rings is 2. The largest absolute Gasteiger partial charge is 0.469 e. The van der Waals surface area contributed by atoms with Gasteiger partial charge in [-0.1, -0.05) is 24.3 Å². The van der Waals surface area contributed by atoms with E-state index in [1.54, 1.807) is 0 Å². The van der Waals surface area contributed by atoms with Gasteiger partial charge in [0.05, 0.1) is 23.9 Å². The third-order valence-electron chi connectivity index (χ3n) is 3.21. The van der Waals surface area contributed by atoms with Crippen LogP contribution < -0.4 is 10.9 Å². The molecule has 0 radical (unpaired) electrons. The summed E-state index contributed by atoms with van der Waals surface area (Å²) in [4.78, 5) is 11.4. The fourth-order valence-electron chi connectivity index (χ4n) is 2.08. The van der Waals surface area contributed by atoms with Crippen molar-refractivity contribution in [1.82, 2.24) is 4.37 Å². The Kier molecular flexibility index (Phi) is 4.20. The molecule has 0 spiro atoms. The molecule has 112 valence electrons. The number of para-hydroxylation sites is 1. The number of carbonyl (C=O) groups excluding carboxylic acids is 1. The Morgan fingerprint density at radius 1 is 1.18 bits per heavy atom. The summed E-state index contributed by atoms with van der Waals surface area (Å²) in [5, 5.41) is 0.981. The van der Waals surface area contributed by atoms with E-state index in [1.165, 1.54) is 18.6 Å². The summed E-state index contributed by atoms with van der Waals surface area (Å²) in [7, 11) is 1.39. The Morgan fingerprint density at radius 2 is 2.00 bits per heavy atom. The van der Waals surface area contributed by atoms with Crippen LogP contribution in [-0.2, 0) is 16.0 Å². The second kappa shape index (κ2) is 6.44. The lowest BCUT2D eigenvalue weighted by molar-refractivity contribution is -0.139. The van der Waals surface area contributed by atoms with Gasteiger partial charge in [-0.3, -0.25) is 15.6 Å².